The Morgan fingerprint density at radius 3 is 2.27 bits per heavy atom. The SMILES string of the molecule is CCS(=O)(=O)N1Cc2ccccc2C[C@H]1C(=O)Nc1ccc(S(=O)(=O)N2CCOCC2)cc1. The molecule has 11 heteroatoms. The van der Waals surface area contributed by atoms with Crippen LogP contribution in [0.2, 0.25) is 0 Å². The van der Waals surface area contributed by atoms with Crippen molar-refractivity contribution < 1.29 is 26.4 Å². The van der Waals surface area contributed by atoms with E-state index in [9.17, 15) is 21.6 Å². The fourth-order valence-electron chi connectivity index (χ4n) is 4.05. The minimum Gasteiger partial charge on any atom is -0.379 e. The topological polar surface area (TPSA) is 113 Å². The van der Waals surface area contributed by atoms with Crippen molar-refractivity contribution in [2.45, 2.75) is 30.8 Å². The summed E-state index contributed by atoms with van der Waals surface area (Å²) in [5, 5.41) is 2.75. The standard InChI is InChI=1S/C22H27N3O6S2/c1-2-32(27,28)25-16-18-6-4-3-5-17(18)15-21(25)22(26)23-19-7-9-20(10-8-19)33(29,30)24-11-13-31-14-12-24/h3-10,21H,2,11-16H2,1H3,(H,23,26)/t21-/m0/s1. The Morgan fingerprint density at radius 2 is 1.64 bits per heavy atom. The average Bonchev–Trinajstić information content (AvgIpc) is 2.84. The second kappa shape index (κ2) is 9.51. The lowest BCUT2D eigenvalue weighted by Crippen LogP contribution is -2.51. The number of sulfonamides is 2. The molecule has 2 aromatic rings. The van der Waals surface area contributed by atoms with Gasteiger partial charge in [-0.05, 0) is 48.7 Å². The summed E-state index contributed by atoms with van der Waals surface area (Å²) in [6.45, 7) is 3.00. The highest BCUT2D eigenvalue weighted by Crippen LogP contribution is 2.27. The van der Waals surface area contributed by atoms with Gasteiger partial charge >= 0.3 is 0 Å². The molecule has 0 saturated carbocycles. The molecule has 33 heavy (non-hydrogen) atoms. The number of amides is 1. The zero-order chi connectivity index (χ0) is 23.6. The van der Waals surface area contributed by atoms with Gasteiger partial charge in [0, 0.05) is 25.3 Å². The summed E-state index contributed by atoms with van der Waals surface area (Å²) in [6, 6.07) is 12.5. The van der Waals surface area contributed by atoms with Crippen LogP contribution in [0, 0.1) is 0 Å². The number of fused-ring (bicyclic) bond motifs is 1. The van der Waals surface area contributed by atoms with Gasteiger partial charge in [0.25, 0.3) is 0 Å². The first-order valence-corrected chi connectivity index (χ1v) is 13.8. The molecule has 9 nitrogen and oxygen atoms in total. The summed E-state index contributed by atoms with van der Waals surface area (Å²) < 4.78 is 58.8. The summed E-state index contributed by atoms with van der Waals surface area (Å²) in [5.41, 5.74) is 2.22. The van der Waals surface area contributed by atoms with Crippen LogP contribution in [0.15, 0.2) is 53.4 Å². The van der Waals surface area contributed by atoms with Crippen molar-refractivity contribution in [3.05, 3.63) is 59.7 Å². The Bertz CT molecular complexity index is 1220. The number of anilines is 1. The maximum Gasteiger partial charge on any atom is 0.243 e. The van der Waals surface area contributed by atoms with Gasteiger partial charge < -0.3 is 10.1 Å². The highest BCUT2D eigenvalue weighted by molar-refractivity contribution is 7.89. The summed E-state index contributed by atoms with van der Waals surface area (Å²) in [6.07, 6.45) is 0.269. The molecule has 1 N–H and O–H groups in total. The number of carbonyl (C=O) groups is 1. The number of nitrogens with one attached hydrogen (secondary N) is 1. The largest absolute Gasteiger partial charge is 0.379 e. The number of ether oxygens (including phenoxy) is 1. The molecule has 2 aliphatic heterocycles. The summed E-state index contributed by atoms with van der Waals surface area (Å²) in [7, 11) is -7.25. The van der Waals surface area contributed by atoms with Gasteiger partial charge in [-0.1, -0.05) is 24.3 Å². The van der Waals surface area contributed by atoms with Crippen LogP contribution in [-0.4, -0.2) is 69.5 Å². The highest BCUT2D eigenvalue weighted by Gasteiger charge is 2.38. The van der Waals surface area contributed by atoms with Crippen molar-refractivity contribution in [1.82, 2.24) is 8.61 Å². The fourth-order valence-corrected chi connectivity index (χ4v) is 6.69. The van der Waals surface area contributed by atoms with Gasteiger partial charge in [-0.25, -0.2) is 16.8 Å². The minimum absolute atomic E-state index is 0.104. The van der Waals surface area contributed by atoms with E-state index in [1.807, 2.05) is 24.3 Å². The Balaban J connectivity index is 1.53. The van der Waals surface area contributed by atoms with Crippen LogP contribution >= 0.6 is 0 Å². The molecular formula is C22H27N3O6S2. The molecule has 4 rings (SSSR count). The van der Waals surface area contributed by atoms with E-state index < -0.39 is 32.0 Å². The maximum atomic E-state index is 13.1. The van der Waals surface area contributed by atoms with E-state index in [-0.39, 0.29) is 23.6 Å². The van der Waals surface area contributed by atoms with E-state index in [0.29, 0.717) is 32.0 Å². The lowest BCUT2D eigenvalue weighted by atomic mass is 9.95. The van der Waals surface area contributed by atoms with Crippen LogP contribution in [0.3, 0.4) is 0 Å². The number of benzene rings is 2. The molecule has 1 saturated heterocycles. The molecule has 0 aliphatic carbocycles. The van der Waals surface area contributed by atoms with Crippen LogP contribution in [0.5, 0.6) is 0 Å². The van der Waals surface area contributed by atoms with E-state index >= 15 is 0 Å². The molecule has 1 fully saturated rings. The van der Waals surface area contributed by atoms with Crippen molar-refractivity contribution in [1.29, 1.82) is 0 Å². The number of rotatable bonds is 6. The van der Waals surface area contributed by atoms with Crippen LogP contribution in [0.25, 0.3) is 0 Å². The first-order valence-electron chi connectivity index (χ1n) is 10.8. The number of hydrogen-bond acceptors (Lipinski definition) is 6. The third-order valence-electron chi connectivity index (χ3n) is 5.96. The third-order valence-corrected chi connectivity index (χ3v) is 9.70. The molecular weight excluding hydrogens is 466 g/mol. The molecule has 2 aliphatic rings. The Morgan fingerprint density at radius 1 is 1.00 bits per heavy atom. The number of nitrogens with zero attached hydrogens (tertiary/aromatic N) is 2. The Kier molecular flexibility index (Phi) is 6.87. The zero-order valence-corrected chi connectivity index (χ0v) is 19.9. The zero-order valence-electron chi connectivity index (χ0n) is 18.3. The van der Waals surface area contributed by atoms with Crippen molar-refractivity contribution in [3.63, 3.8) is 0 Å². The second-order valence-corrected chi connectivity index (χ2v) is 12.1. The number of morpholine rings is 1. The third kappa shape index (κ3) is 4.97. The van der Waals surface area contributed by atoms with Crippen LogP contribution < -0.4 is 5.32 Å². The molecule has 2 aromatic carbocycles. The fraction of sp³-hybridized carbons (Fsp3) is 0.409. The van der Waals surface area contributed by atoms with E-state index in [1.54, 1.807) is 6.92 Å². The molecule has 2 heterocycles. The van der Waals surface area contributed by atoms with Gasteiger partial charge in [0.2, 0.25) is 26.0 Å². The smallest absolute Gasteiger partial charge is 0.243 e. The van der Waals surface area contributed by atoms with Crippen molar-refractivity contribution in [2.75, 3.05) is 37.4 Å². The second-order valence-electron chi connectivity index (χ2n) is 7.96. The first-order chi connectivity index (χ1) is 15.7. The van der Waals surface area contributed by atoms with E-state index in [0.717, 1.165) is 11.1 Å². The molecule has 1 atom stereocenters. The van der Waals surface area contributed by atoms with Crippen LogP contribution in [-0.2, 0) is 42.5 Å². The highest BCUT2D eigenvalue weighted by atomic mass is 32.2. The maximum absolute atomic E-state index is 13.1. The molecule has 0 unspecified atom stereocenters. The molecule has 1 amide bonds. The lowest BCUT2D eigenvalue weighted by Gasteiger charge is -2.34. The average molecular weight is 494 g/mol. The Labute approximate surface area is 194 Å². The van der Waals surface area contributed by atoms with Crippen molar-refractivity contribution >= 4 is 31.6 Å². The normalized spacial score (nSPS) is 20.2. The number of hydrogen-bond donors (Lipinski definition) is 1. The summed E-state index contributed by atoms with van der Waals surface area (Å²) in [5.74, 6) is -0.558. The van der Waals surface area contributed by atoms with Gasteiger partial charge in [0.15, 0.2) is 0 Å². The first kappa shape index (κ1) is 23.8. The quantitative estimate of drug-likeness (QED) is 0.651. The molecule has 0 radical (unpaired) electrons. The van der Waals surface area contributed by atoms with E-state index in [1.165, 1.54) is 32.9 Å². The van der Waals surface area contributed by atoms with E-state index in [2.05, 4.69) is 5.32 Å². The van der Waals surface area contributed by atoms with Crippen LogP contribution in [0.1, 0.15) is 18.1 Å². The van der Waals surface area contributed by atoms with Crippen molar-refractivity contribution in [2.24, 2.45) is 0 Å². The predicted molar refractivity (Wildman–Crippen MR) is 124 cm³/mol. The van der Waals surface area contributed by atoms with Gasteiger partial charge in [0.1, 0.15) is 6.04 Å². The molecule has 178 valence electrons. The lowest BCUT2D eigenvalue weighted by molar-refractivity contribution is -0.120. The van der Waals surface area contributed by atoms with Crippen LogP contribution in [0.4, 0.5) is 5.69 Å². The molecule has 0 bridgehead atoms. The Hall–Kier alpha value is -2.31. The summed E-state index contributed by atoms with van der Waals surface area (Å²) >= 11 is 0. The summed E-state index contributed by atoms with van der Waals surface area (Å²) in [4.78, 5) is 13.3. The van der Waals surface area contributed by atoms with Gasteiger partial charge in [-0.3, -0.25) is 4.79 Å². The molecule has 0 aromatic heterocycles. The predicted octanol–water partition coefficient (Wildman–Crippen LogP) is 1.42. The minimum atomic E-state index is -3.64. The number of carbonyl (C=O) groups excluding carboxylic acids is 1. The van der Waals surface area contributed by atoms with Gasteiger partial charge in [-0.2, -0.15) is 8.61 Å². The van der Waals surface area contributed by atoms with E-state index in [4.69, 9.17) is 4.74 Å². The van der Waals surface area contributed by atoms with Gasteiger partial charge in [-0.15, -0.1) is 0 Å². The van der Waals surface area contributed by atoms with Crippen molar-refractivity contribution in [3.8, 4) is 0 Å². The molecule has 0 spiro atoms. The van der Waals surface area contributed by atoms with Gasteiger partial charge in [0.05, 0.1) is 23.9 Å². The monoisotopic (exact) mass is 493 g/mol.